The van der Waals surface area contributed by atoms with Crippen LogP contribution >= 0.6 is 11.6 Å². The van der Waals surface area contributed by atoms with Crippen molar-refractivity contribution in [1.82, 2.24) is 0 Å². The zero-order valence-electron chi connectivity index (χ0n) is 7.40. The highest BCUT2D eigenvalue weighted by molar-refractivity contribution is 6.30. The van der Waals surface area contributed by atoms with Gasteiger partial charge in [0.05, 0.1) is 0 Å². The molecule has 4 nitrogen and oxygen atoms in total. The van der Waals surface area contributed by atoms with Gasteiger partial charge < -0.3 is 16.6 Å². The minimum atomic E-state index is -1.05. The topological polar surface area (TPSA) is 89.3 Å². The van der Waals surface area contributed by atoms with E-state index in [4.69, 9.17) is 28.2 Å². The summed E-state index contributed by atoms with van der Waals surface area (Å²) in [7, 11) is 0. The fourth-order valence-corrected chi connectivity index (χ4v) is 1.27. The van der Waals surface area contributed by atoms with E-state index >= 15 is 0 Å². The molecule has 0 bridgehead atoms. The predicted octanol–water partition coefficient (Wildman–Crippen LogP) is 0.877. The molecule has 0 radical (unpaired) electrons. The number of carboxylic acid groups (broad SMARTS) is 1. The number of carbonyl (C=O) groups is 1. The van der Waals surface area contributed by atoms with Gasteiger partial charge in [-0.05, 0) is 23.8 Å². The van der Waals surface area contributed by atoms with Crippen LogP contribution in [-0.4, -0.2) is 17.1 Å². The van der Waals surface area contributed by atoms with Crippen LogP contribution in [0.3, 0.4) is 0 Å². The Bertz CT molecular complexity index is 355. The standard InChI is InChI=1S/C9H11ClN2O2/c10-6-1-2-7(11)5(3-6)4-8(12)9(13)14/h1-3,8H,4,11-12H2,(H,13,14)/t8-/m1/s1. The first-order valence-electron chi connectivity index (χ1n) is 4.03. The van der Waals surface area contributed by atoms with Gasteiger partial charge in [-0.15, -0.1) is 0 Å². The second kappa shape index (κ2) is 4.30. The highest BCUT2D eigenvalue weighted by Gasteiger charge is 2.13. The number of halogens is 1. The quantitative estimate of drug-likeness (QED) is 0.652. The van der Waals surface area contributed by atoms with E-state index in [1.54, 1.807) is 18.2 Å². The van der Waals surface area contributed by atoms with Crippen molar-refractivity contribution in [3.63, 3.8) is 0 Å². The van der Waals surface area contributed by atoms with Crippen molar-refractivity contribution >= 4 is 23.3 Å². The number of aliphatic carboxylic acids is 1. The molecule has 0 saturated carbocycles. The molecule has 0 aliphatic rings. The smallest absolute Gasteiger partial charge is 0.320 e. The third-order valence-electron chi connectivity index (χ3n) is 1.86. The van der Waals surface area contributed by atoms with Crippen molar-refractivity contribution in [2.45, 2.75) is 12.5 Å². The van der Waals surface area contributed by atoms with Gasteiger partial charge in [0.2, 0.25) is 0 Å². The summed E-state index contributed by atoms with van der Waals surface area (Å²) >= 11 is 5.74. The van der Waals surface area contributed by atoms with Crippen LogP contribution in [0.25, 0.3) is 0 Å². The molecule has 76 valence electrons. The van der Waals surface area contributed by atoms with E-state index < -0.39 is 12.0 Å². The SMILES string of the molecule is Nc1ccc(Cl)cc1C[C@@H](N)C(=O)O. The van der Waals surface area contributed by atoms with E-state index in [-0.39, 0.29) is 6.42 Å². The minimum Gasteiger partial charge on any atom is -0.480 e. The second-order valence-corrected chi connectivity index (χ2v) is 3.43. The Balaban J connectivity index is 2.85. The summed E-state index contributed by atoms with van der Waals surface area (Å²) in [6.45, 7) is 0. The van der Waals surface area contributed by atoms with Crippen molar-refractivity contribution in [3.05, 3.63) is 28.8 Å². The maximum atomic E-state index is 10.5. The first-order valence-corrected chi connectivity index (χ1v) is 4.41. The number of hydrogen-bond donors (Lipinski definition) is 3. The largest absolute Gasteiger partial charge is 0.480 e. The molecule has 5 N–H and O–H groups in total. The Kier molecular flexibility index (Phi) is 3.33. The molecule has 1 atom stereocenters. The maximum Gasteiger partial charge on any atom is 0.320 e. The molecule has 5 heteroatoms. The highest BCUT2D eigenvalue weighted by Crippen LogP contribution is 2.18. The lowest BCUT2D eigenvalue weighted by Crippen LogP contribution is -2.32. The van der Waals surface area contributed by atoms with Gasteiger partial charge >= 0.3 is 5.97 Å². The first kappa shape index (κ1) is 10.8. The summed E-state index contributed by atoms with van der Waals surface area (Å²) in [6, 6.07) is 3.95. The molecule has 0 saturated heterocycles. The van der Waals surface area contributed by atoms with Crippen molar-refractivity contribution in [2.75, 3.05) is 5.73 Å². The summed E-state index contributed by atoms with van der Waals surface area (Å²) < 4.78 is 0. The van der Waals surface area contributed by atoms with Gasteiger partial charge in [0.1, 0.15) is 6.04 Å². The Morgan fingerprint density at radius 2 is 2.21 bits per heavy atom. The van der Waals surface area contributed by atoms with Crippen molar-refractivity contribution < 1.29 is 9.90 Å². The molecule has 1 rings (SSSR count). The van der Waals surface area contributed by atoms with E-state index in [0.29, 0.717) is 16.3 Å². The van der Waals surface area contributed by atoms with Crippen LogP contribution in [0.15, 0.2) is 18.2 Å². The molecule has 0 aliphatic heterocycles. The van der Waals surface area contributed by atoms with Gasteiger partial charge in [-0.2, -0.15) is 0 Å². The lowest BCUT2D eigenvalue weighted by Gasteiger charge is -2.09. The molecule has 14 heavy (non-hydrogen) atoms. The number of benzene rings is 1. The third kappa shape index (κ3) is 2.61. The predicted molar refractivity (Wildman–Crippen MR) is 55.2 cm³/mol. The summed E-state index contributed by atoms with van der Waals surface area (Å²) in [4.78, 5) is 10.5. The average molecular weight is 215 g/mol. The minimum absolute atomic E-state index is 0.182. The molecular formula is C9H11ClN2O2. The zero-order valence-corrected chi connectivity index (χ0v) is 8.16. The Morgan fingerprint density at radius 3 is 2.79 bits per heavy atom. The van der Waals surface area contributed by atoms with Crippen LogP contribution in [0.5, 0.6) is 0 Å². The number of anilines is 1. The van der Waals surface area contributed by atoms with Crippen LogP contribution in [0.4, 0.5) is 5.69 Å². The van der Waals surface area contributed by atoms with Crippen molar-refractivity contribution in [2.24, 2.45) is 5.73 Å². The normalized spacial score (nSPS) is 12.4. The fourth-order valence-electron chi connectivity index (χ4n) is 1.08. The van der Waals surface area contributed by atoms with E-state index in [1.807, 2.05) is 0 Å². The molecule has 1 aromatic rings. The van der Waals surface area contributed by atoms with Crippen LogP contribution in [0, 0.1) is 0 Å². The molecular weight excluding hydrogens is 204 g/mol. The maximum absolute atomic E-state index is 10.5. The first-order chi connectivity index (χ1) is 6.50. The van der Waals surface area contributed by atoms with Gasteiger partial charge in [0.25, 0.3) is 0 Å². The van der Waals surface area contributed by atoms with Gasteiger partial charge in [-0.25, -0.2) is 0 Å². The lowest BCUT2D eigenvalue weighted by atomic mass is 10.1. The number of nitrogens with two attached hydrogens (primary N) is 2. The van der Waals surface area contributed by atoms with E-state index in [1.165, 1.54) is 0 Å². The van der Waals surface area contributed by atoms with Crippen LogP contribution in [0.2, 0.25) is 5.02 Å². The molecule has 0 aromatic heterocycles. The highest BCUT2D eigenvalue weighted by atomic mass is 35.5. The van der Waals surface area contributed by atoms with E-state index in [2.05, 4.69) is 0 Å². The Hall–Kier alpha value is -1.26. The molecule has 0 spiro atoms. The number of nitrogen functional groups attached to an aromatic ring is 1. The van der Waals surface area contributed by atoms with Gasteiger partial charge in [0, 0.05) is 17.1 Å². The molecule has 0 heterocycles. The van der Waals surface area contributed by atoms with E-state index in [9.17, 15) is 4.79 Å². The fraction of sp³-hybridized carbons (Fsp3) is 0.222. The molecule has 0 aliphatic carbocycles. The van der Waals surface area contributed by atoms with Crippen LogP contribution < -0.4 is 11.5 Å². The molecule has 0 unspecified atom stereocenters. The van der Waals surface area contributed by atoms with E-state index in [0.717, 1.165) is 0 Å². The molecule has 1 aromatic carbocycles. The monoisotopic (exact) mass is 214 g/mol. The molecule has 0 fully saturated rings. The number of carboxylic acids is 1. The average Bonchev–Trinajstić information content (AvgIpc) is 2.11. The van der Waals surface area contributed by atoms with Crippen LogP contribution in [-0.2, 0) is 11.2 Å². The third-order valence-corrected chi connectivity index (χ3v) is 2.10. The van der Waals surface area contributed by atoms with Crippen molar-refractivity contribution in [3.8, 4) is 0 Å². The lowest BCUT2D eigenvalue weighted by molar-refractivity contribution is -0.138. The summed E-state index contributed by atoms with van der Waals surface area (Å²) in [6.07, 6.45) is 0.182. The van der Waals surface area contributed by atoms with Gasteiger partial charge in [-0.1, -0.05) is 11.6 Å². The number of hydrogen-bond acceptors (Lipinski definition) is 3. The number of rotatable bonds is 3. The van der Waals surface area contributed by atoms with Crippen LogP contribution in [0.1, 0.15) is 5.56 Å². The second-order valence-electron chi connectivity index (χ2n) is 2.99. The summed E-state index contributed by atoms with van der Waals surface area (Å²) in [5.74, 6) is -1.05. The van der Waals surface area contributed by atoms with Gasteiger partial charge in [0.15, 0.2) is 0 Å². The summed E-state index contributed by atoms with van der Waals surface area (Å²) in [5, 5.41) is 9.12. The van der Waals surface area contributed by atoms with Gasteiger partial charge in [-0.3, -0.25) is 4.79 Å². The Labute approximate surface area is 86.5 Å². The Morgan fingerprint density at radius 1 is 1.57 bits per heavy atom. The molecule has 0 amide bonds. The summed E-state index contributed by atoms with van der Waals surface area (Å²) in [5.41, 5.74) is 12.2. The van der Waals surface area contributed by atoms with Crippen molar-refractivity contribution in [1.29, 1.82) is 0 Å². The zero-order chi connectivity index (χ0) is 10.7.